The fraction of sp³-hybridized carbons (Fsp3) is 0.389. The van der Waals surface area contributed by atoms with Crippen LogP contribution in [0.5, 0.6) is 0 Å². The Morgan fingerprint density at radius 2 is 1.86 bits per heavy atom. The summed E-state index contributed by atoms with van der Waals surface area (Å²) in [6, 6.07) is 10.2. The van der Waals surface area contributed by atoms with E-state index < -0.39 is 0 Å². The molecule has 0 bridgehead atoms. The fourth-order valence-electron chi connectivity index (χ4n) is 2.44. The SMILES string of the molecule is CCc1ccc(C(NC(=O)c2ccoc2C)C(C)C)cc1. The number of hydrogen-bond acceptors (Lipinski definition) is 2. The number of hydrogen-bond donors (Lipinski definition) is 1. The third-order valence-corrected chi connectivity index (χ3v) is 3.80. The molecule has 3 nitrogen and oxygen atoms in total. The molecule has 0 aliphatic carbocycles. The van der Waals surface area contributed by atoms with Gasteiger partial charge in [-0.15, -0.1) is 0 Å². The Morgan fingerprint density at radius 3 is 2.33 bits per heavy atom. The van der Waals surface area contributed by atoms with Crippen molar-refractivity contribution in [2.24, 2.45) is 5.92 Å². The van der Waals surface area contributed by atoms with Gasteiger partial charge in [-0.2, -0.15) is 0 Å². The Bertz CT molecular complexity index is 596. The molecule has 1 atom stereocenters. The Balaban J connectivity index is 2.19. The highest BCUT2D eigenvalue weighted by Gasteiger charge is 2.20. The monoisotopic (exact) mass is 285 g/mol. The highest BCUT2D eigenvalue weighted by atomic mass is 16.3. The van der Waals surface area contributed by atoms with E-state index in [-0.39, 0.29) is 11.9 Å². The van der Waals surface area contributed by atoms with Crippen LogP contribution in [0.1, 0.15) is 54.1 Å². The maximum atomic E-state index is 12.4. The van der Waals surface area contributed by atoms with Crippen molar-refractivity contribution in [3.8, 4) is 0 Å². The summed E-state index contributed by atoms with van der Waals surface area (Å²) in [6.45, 7) is 8.16. The van der Waals surface area contributed by atoms with E-state index in [1.165, 1.54) is 5.56 Å². The van der Waals surface area contributed by atoms with E-state index in [1.54, 1.807) is 19.3 Å². The van der Waals surface area contributed by atoms with Gasteiger partial charge in [0.2, 0.25) is 0 Å². The quantitative estimate of drug-likeness (QED) is 0.891. The van der Waals surface area contributed by atoms with Gasteiger partial charge >= 0.3 is 0 Å². The molecule has 1 amide bonds. The van der Waals surface area contributed by atoms with Crippen LogP contribution in [0.3, 0.4) is 0 Å². The van der Waals surface area contributed by atoms with E-state index in [1.807, 2.05) is 0 Å². The minimum Gasteiger partial charge on any atom is -0.469 e. The minimum absolute atomic E-state index is 0.00212. The molecule has 2 aromatic rings. The topological polar surface area (TPSA) is 42.2 Å². The van der Waals surface area contributed by atoms with Crippen LogP contribution in [0.2, 0.25) is 0 Å². The van der Waals surface area contributed by atoms with E-state index in [4.69, 9.17) is 4.42 Å². The second kappa shape index (κ2) is 6.61. The highest BCUT2D eigenvalue weighted by Crippen LogP contribution is 2.23. The number of rotatable bonds is 5. The number of carbonyl (C=O) groups excluding carboxylic acids is 1. The summed E-state index contributed by atoms with van der Waals surface area (Å²) in [5.74, 6) is 0.879. The molecular formula is C18H23NO2. The molecule has 3 heteroatoms. The maximum Gasteiger partial charge on any atom is 0.255 e. The first-order chi connectivity index (χ1) is 10.0. The maximum absolute atomic E-state index is 12.4. The summed E-state index contributed by atoms with van der Waals surface area (Å²) in [4.78, 5) is 12.4. The van der Waals surface area contributed by atoms with Gasteiger partial charge in [0.05, 0.1) is 17.9 Å². The Hall–Kier alpha value is -2.03. The van der Waals surface area contributed by atoms with E-state index >= 15 is 0 Å². The third-order valence-electron chi connectivity index (χ3n) is 3.80. The first-order valence-electron chi connectivity index (χ1n) is 7.46. The summed E-state index contributed by atoms with van der Waals surface area (Å²) < 4.78 is 5.20. The molecule has 0 saturated carbocycles. The molecule has 112 valence electrons. The lowest BCUT2D eigenvalue weighted by Gasteiger charge is -2.23. The second-order valence-corrected chi connectivity index (χ2v) is 5.68. The van der Waals surface area contributed by atoms with E-state index in [0.717, 1.165) is 12.0 Å². The van der Waals surface area contributed by atoms with Crippen LogP contribution in [0.25, 0.3) is 0 Å². The zero-order chi connectivity index (χ0) is 15.4. The Morgan fingerprint density at radius 1 is 1.19 bits per heavy atom. The van der Waals surface area contributed by atoms with Gasteiger partial charge in [0.15, 0.2) is 0 Å². The van der Waals surface area contributed by atoms with Crippen LogP contribution in [-0.2, 0) is 6.42 Å². The zero-order valence-corrected chi connectivity index (χ0v) is 13.1. The molecule has 0 saturated heterocycles. The largest absolute Gasteiger partial charge is 0.469 e. The van der Waals surface area contributed by atoms with Crippen LogP contribution in [-0.4, -0.2) is 5.91 Å². The van der Waals surface area contributed by atoms with E-state index in [2.05, 4.69) is 50.4 Å². The fourth-order valence-corrected chi connectivity index (χ4v) is 2.44. The van der Waals surface area contributed by atoms with Crippen LogP contribution in [0, 0.1) is 12.8 Å². The van der Waals surface area contributed by atoms with Gasteiger partial charge in [-0.3, -0.25) is 4.79 Å². The Labute approximate surface area is 126 Å². The smallest absolute Gasteiger partial charge is 0.255 e. The number of furan rings is 1. The predicted molar refractivity (Wildman–Crippen MR) is 84.3 cm³/mol. The molecule has 2 rings (SSSR count). The number of benzene rings is 1. The average molecular weight is 285 g/mol. The minimum atomic E-state index is -0.0838. The average Bonchev–Trinajstić information content (AvgIpc) is 2.90. The van der Waals surface area contributed by atoms with Crippen molar-refractivity contribution in [1.82, 2.24) is 5.32 Å². The summed E-state index contributed by atoms with van der Waals surface area (Å²) >= 11 is 0. The summed E-state index contributed by atoms with van der Waals surface area (Å²) in [5, 5.41) is 3.11. The molecule has 1 N–H and O–H groups in total. The van der Waals surface area contributed by atoms with Crippen LogP contribution in [0.4, 0.5) is 0 Å². The summed E-state index contributed by atoms with van der Waals surface area (Å²) in [5.41, 5.74) is 3.04. The molecule has 1 unspecified atom stereocenters. The van der Waals surface area contributed by atoms with E-state index in [9.17, 15) is 4.79 Å². The van der Waals surface area contributed by atoms with Crippen LogP contribution >= 0.6 is 0 Å². The van der Waals surface area contributed by atoms with Crippen molar-refractivity contribution in [2.75, 3.05) is 0 Å². The second-order valence-electron chi connectivity index (χ2n) is 5.68. The third kappa shape index (κ3) is 3.54. The lowest BCUT2D eigenvalue weighted by molar-refractivity contribution is 0.0924. The normalized spacial score (nSPS) is 12.4. The summed E-state index contributed by atoms with van der Waals surface area (Å²) in [7, 11) is 0. The van der Waals surface area contributed by atoms with Gasteiger partial charge in [-0.1, -0.05) is 45.0 Å². The molecule has 0 spiro atoms. The van der Waals surface area contributed by atoms with Crippen LogP contribution < -0.4 is 5.32 Å². The highest BCUT2D eigenvalue weighted by molar-refractivity contribution is 5.95. The number of nitrogens with one attached hydrogen (secondary N) is 1. The first kappa shape index (κ1) is 15.4. The Kier molecular flexibility index (Phi) is 4.84. The van der Waals surface area contributed by atoms with Crippen molar-refractivity contribution < 1.29 is 9.21 Å². The molecule has 1 aromatic heterocycles. The first-order valence-corrected chi connectivity index (χ1v) is 7.46. The molecular weight excluding hydrogens is 262 g/mol. The molecule has 1 heterocycles. The summed E-state index contributed by atoms with van der Waals surface area (Å²) in [6.07, 6.45) is 2.57. The van der Waals surface area contributed by atoms with E-state index in [0.29, 0.717) is 17.2 Å². The number of carbonyl (C=O) groups is 1. The molecule has 21 heavy (non-hydrogen) atoms. The van der Waals surface area contributed by atoms with Gasteiger partial charge in [0.1, 0.15) is 5.76 Å². The van der Waals surface area contributed by atoms with Gasteiger partial charge < -0.3 is 9.73 Å². The molecule has 0 radical (unpaired) electrons. The van der Waals surface area contributed by atoms with Gasteiger partial charge in [-0.05, 0) is 36.5 Å². The standard InChI is InChI=1S/C18H23NO2/c1-5-14-6-8-15(9-7-14)17(12(2)3)19-18(20)16-10-11-21-13(16)4/h6-12,17H,5H2,1-4H3,(H,19,20). The van der Waals surface area contributed by atoms with Crippen molar-refractivity contribution >= 4 is 5.91 Å². The van der Waals surface area contributed by atoms with Crippen molar-refractivity contribution in [3.05, 3.63) is 59.0 Å². The predicted octanol–water partition coefficient (Wildman–Crippen LogP) is 4.28. The molecule has 0 fully saturated rings. The molecule has 1 aromatic carbocycles. The lowest BCUT2D eigenvalue weighted by atomic mass is 9.94. The van der Waals surface area contributed by atoms with Gasteiger partial charge in [0.25, 0.3) is 5.91 Å². The van der Waals surface area contributed by atoms with Crippen molar-refractivity contribution in [2.45, 2.75) is 40.2 Å². The lowest BCUT2D eigenvalue weighted by Crippen LogP contribution is -2.31. The zero-order valence-electron chi connectivity index (χ0n) is 13.1. The van der Waals surface area contributed by atoms with Crippen molar-refractivity contribution in [3.63, 3.8) is 0 Å². The number of aryl methyl sites for hydroxylation is 2. The van der Waals surface area contributed by atoms with Crippen molar-refractivity contribution in [1.29, 1.82) is 0 Å². The van der Waals surface area contributed by atoms with Gasteiger partial charge in [0, 0.05) is 0 Å². The van der Waals surface area contributed by atoms with Crippen LogP contribution in [0.15, 0.2) is 41.0 Å². The molecule has 0 aliphatic heterocycles. The molecule has 0 aliphatic rings. The number of amides is 1. The van der Waals surface area contributed by atoms with Gasteiger partial charge in [-0.25, -0.2) is 0 Å².